The molecule has 26 heavy (non-hydrogen) atoms. The van der Waals surface area contributed by atoms with Gasteiger partial charge < -0.3 is 4.74 Å². The lowest BCUT2D eigenvalue weighted by Gasteiger charge is -2.34. The summed E-state index contributed by atoms with van der Waals surface area (Å²) in [6, 6.07) is 5.26. The second-order valence-corrected chi connectivity index (χ2v) is 7.50. The Morgan fingerprint density at radius 3 is 2.73 bits per heavy atom. The summed E-state index contributed by atoms with van der Waals surface area (Å²) < 4.78 is 5.41. The first kappa shape index (κ1) is 19.1. The molecule has 1 aromatic carbocycles. The van der Waals surface area contributed by atoms with Gasteiger partial charge in [-0.15, -0.1) is 0 Å². The number of allylic oxidation sites excluding steroid dienone is 2. The standard InChI is InChI=1S/C20H21Cl2NO3/c1-3-9-26-20(25)17-11(2)23-15-5-4-6-16(24)19(15)18(17)12-7-8-13(21)14(22)10-12/h7-8,10,17-18H,3-6,9H2,1-2H3/t17?,18-/m1/s1. The Morgan fingerprint density at radius 1 is 1.27 bits per heavy atom. The van der Waals surface area contributed by atoms with Crippen molar-refractivity contribution in [3.05, 3.63) is 45.1 Å². The van der Waals surface area contributed by atoms with Crippen LogP contribution in [0.25, 0.3) is 0 Å². The van der Waals surface area contributed by atoms with Crippen molar-refractivity contribution in [2.45, 2.75) is 45.4 Å². The number of Topliss-reactive ketones (excluding diaryl/α,β-unsaturated/α-hetero) is 1. The van der Waals surface area contributed by atoms with E-state index >= 15 is 0 Å². The molecule has 4 nitrogen and oxygen atoms in total. The Kier molecular flexibility index (Phi) is 5.83. The van der Waals surface area contributed by atoms with Gasteiger partial charge in [0.2, 0.25) is 0 Å². The van der Waals surface area contributed by atoms with Gasteiger partial charge in [0.05, 0.1) is 16.7 Å². The quantitative estimate of drug-likeness (QED) is 0.666. The third kappa shape index (κ3) is 3.58. The summed E-state index contributed by atoms with van der Waals surface area (Å²) in [5.41, 5.74) is 2.87. The van der Waals surface area contributed by atoms with Gasteiger partial charge >= 0.3 is 5.97 Å². The monoisotopic (exact) mass is 393 g/mol. The molecule has 0 amide bonds. The molecule has 2 aliphatic rings. The van der Waals surface area contributed by atoms with Crippen molar-refractivity contribution in [1.29, 1.82) is 0 Å². The molecule has 0 fully saturated rings. The van der Waals surface area contributed by atoms with Crippen molar-refractivity contribution in [3.8, 4) is 0 Å². The topological polar surface area (TPSA) is 55.7 Å². The van der Waals surface area contributed by atoms with Crippen molar-refractivity contribution < 1.29 is 14.3 Å². The molecule has 0 saturated carbocycles. The summed E-state index contributed by atoms with van der Waals surface area (Å²) >= 11 is 12.3. The van der Waals surface area contributed by atoms with Gasteiger partial charge in [0.25, 0.3) is 0 Å². The van der Waals surface area contributed by atoms with Gasteiger partial charge in [-0.05, 0) is 43.9 Å². The molecule has 0 saturated heterocycles. The van der Waals surface area contributed by atoms with Crippen molar-refractivity contribution in [2.75, 3.05) is 6.61 Å². The van der Waals surface area contributed by atoms with E-state index in [0.717, 1.165) is 30.5 Å². The smallest absolute Gasteiger partial charge is 0.315 e. The molecule has 0 radical (unpaired) electrons. The molecule has 1 aromatic rings. The Hall–Kier alpha value is -1.65. The highest BCUT2D eigenvalue weighted by molar-refractivity contribution is 6.42. The van der Waals surface area contributed by atoms with Gasteiger partial charge in [0, 0.05) is 29.3 Å². The number of benzene rings is 1. The van der Waals surface area contributed by atoms with E-state index in [1.54, 1.807) is 12.1 Å². The highest BCUT2D eigenvalue weighted by atomic mass is 35.5. The Balaban J connectivity index is 2.12. The predicted octanol–water partition coefficient (Wildman–Crippen LogP) is 5.13. The van der Waals surface area contributed by atoms with E-state index in [1.165, 1.54) is 0 Å². The summed E-state index contributed by atoms with van der Waals surface area (Å²) in [5.74, 6) is -1.37. The van der Waals surface area contributed by atoms with Crippen LogP contribution in [-0.2, 0) is 14.3 Å². The summed E-state index contributed by atoms with van der Waals surface area (Å²) in [4.78, 5) is 30.1. The maximum atomic E-state index is 12.8. The van der Waals surface area contributed by atoms with E-state index in [0.29, 0.717) is 34.4 Å². The van der Waals surface area contributed by atoms with Gasteiger partial charge in [0.1, 0.15) is 5.92 Å². The molecule has 1 aliphatic carbocycles. The van der Waals surface area contributed by atoms with E-state index < -0.39 is 11.8 Å². The number of halogens is 2. The third-order valence-electron chi connectivity index (χ3n) is 4.84. The largest absolute Gasteiger partial charge is 0.465 e. The van der Waals surface area contributed by atoms with Crippen LogP contribution in [-0.4, -0.2) is 24.1 Å². The molecular weight excluding hydrogens is 373 g/mol. The highest BCUT2D eigenvalue weighted by Gasteiger charge is 2.43. The molecule has 0 bridgehead atoms. The molecule has 1 aliphatic heterocycles. The van der Waals surface area contributed by atoms with Gasteiger partial charge in [-0.25, -0.2) is 0 Å². The molecule has 3 rings (SSSR count). The SMILES string of the molecule is CCCOC(=O)C1C(C)=NC2=C(C(=O)CCC2)[C@@H]1c1ccc(Cl)c(Cl)c1. The lowest BCUT2D eigenvalue weighted by Crippen LogP contribution is -2.37. The molecule has 1 heterocycles. The second kappa shape index (κ2) is 7.93. The molecule has 6 heteroatoms. The van der Waals surface area contributed by atoms with Crippen molar-refractivity contribution >= 4 is 40.7 Å². The zero-order valence-corrected chi connectivity index (χ0v) is 16.4. The highest BCUT2D eigenvalue weighted by Crippen LogP contribution is 2.44. The summed E-state index contributed by atoms with van der Waals surface area (Å²) in [6.07, 6.45) is 2.74. The number of carbonyl (C=O) groups excluding carboxylic acids is 2. The third-order valence-corrected chi connectivity index (χ3v) is 5.58. The zero-order valence-electron chi connectivity index (χ0n) is 14.9. The van der Waals surface area contributed by atoms with Crippen molar-refractivity contribution in [1.82, 2.24) is 0 Å². The lowest BCUT2D eigenvalue weighted by molar-refractivity contribution is -0.146. The fourth-order valence-corrected chi connectivity index (χ4v) is 3.98. The molecule has 2 atom stereocenters. The van der Waals surface area contributed by atoms with Gasteiger partial charge in [-0.2, -0.15) is 0 Å². The van der Waals surface area contributed by atoms with E-state index in [1.807, 2.05) is 19.9 Å². The maximum Gasteiger partial charge on any atom is 0.315 e. The number of esters is 1. The van der Waals surface area contributed by atoms with Crippen LogP contribution in [0.5, 0.6) is 0 Å². The first-order valence-corrected chi connectivity index (χ1v) is 9.62. The Bertz CT molecular complexity index is 813. The Morgan fingerprint density at radius 2 is 2.04 bits per heavy atom. The van der Waals surface area contributed by atoms with Crippen molar-refractivity contribution in [2.24, 2.45) is 10.9 Å². The number of ketones is 1. The van der Waals surface area contributed by atoms with Gasteiger partial charge in [-0.3, -0.25) is 14.6 Å². The van der Waals surface area contributed by atoms with Crippen molar-refractivity contribution in [3.63, 3.8) is 0 Å². The minimum atomic E-state index is -0.625. The average molecular weight is 394 g/mol. The first-order chi connectivity index (χ1) is 12.4. The predicted molar refractivity (Wildman–Crippen MR) is 103 cm³/mol. The Labute approximate surface area is 163 Å². The normalized spacial score (nSPS) is 22.8. The fourth-order valence-electron chi connectivity index (χ4n) is 3.67. The minimum Gasteiger partial charge on any atom is -0.465 e. The lowest BCUT2D eigenvalue weighted by atomic mass is 9.72. The van der Waals surface area contributed by atoms with E-state index in [2.05, 4.69) is 4.99 Å². The fraction of sp³-hybridized carbons (Fsp3) is 0.450. The van der Waals surface area contributed by atoms with E-state index in [9.17, 15) is 9.59 Å². The van der Waals surface area contributed by atoms with Crippen LogP contribution in [0, 0.1) is 5.92 Å². The molecule has 138 valence electrons. The van der Waals surface area contributed by atoms with Crippen LogP contribution in [0.1, 0.15) is 51.0 Å². The first-order valence-electron chi connectivity index (χ1n) is 8.87. The number of hydrogen-bond acceptors (Lipinski definition) is 4. The molecule has 1 unspecified atom stereocenters. The number of rotatable bonds is 4. The number of hydrogen-bond donors (Lipinski definition) is 0. The van der Waals surface area contributed by atoms with Crippen LogP contribution < -0.4 is 0 Å². The number of ether oxygens (including phenoxy) is 1. The van der Waals surface area contributed by atoms with E-state index in [-0.39, 0.29) is 11.8 Å². The van der Waals surface area contributed by atoms with Crippen LogP contribution in [0.3, 0.4) is 0 Å². The average Bonchev–Trinajstić information content (AvgIpc) is 2.61. The van der Waals surface area contributed by atoms with Crippen LogP contribution in [0.2, 0.25) is 10.0 Å². The molecule has 0 aromatic heterocycles. The number of carbonyl (C=O) groups is 2. The van der Waals surface area contributed by atoms with E-state index in [4.69, 9.17) is 27.9 Å². The van der Waals surface area contributed by atoms with Crippen LogP contribution in [0.15, 0.2) is 34.5 Å². The summed E-state index contributed by atoms with van der Waals surface area (Å²) in [7, 11) is 0. The van der Waals surface area contributed by atoms with Gasteiger partial charge in [-0.1, -0.05) is 36.2 Å². The van der Waals surface area contributed by atoms with Crippen LogP contribution >= 0.6 is 23.2 Å². The second-order valence-electron chi connectivity index (χ2n) is 6.69. The molecule has 0 N–H and O–H groups in total. The number of nitrogens with zero attached hydrogens (tertiary/aromatic N) is 1. The molecular formula is C20H21Cl2NO3. The molecule has 0 spiro atoms. The zero-order chi connectivity index (χ0) is 18.8. The minimum absolute atomic E-state index is 0.0480. The van der Waals surface area contributed by atoms with Gasteiger partial charge in [0.15, 0.2) is 5.78 Å². The summed E-state index contributed by atoms with van der Waals surface area (Å²) in [6.45, 7) is 4.11. The number of aliphatic imine (C=N–C) groups is 1. The maximum absolute atomic E-state index is 12.8. The van der Waals surface area contributed by atoms with Crippen LogP contribution in [0.4, 0.5) is 0 Å². The summed E-state index contributed by atoms with van der Waals surface area (Å²) in [5, 5.41) is 0.835.